The molecule has 21 heavy (non-hydrogen) atoms. The third kappa shape index (κ3) is 2.54. The van der Waals surface area contributed by atoms with Gasteiger partial charge in [-0.3, -0.25) is 4.57 Å². The highest BCUT2D eigenvalue weighted by Crippen LogP contribution is 2.22. The van der Waals surface area contributed by atoms with E-state index >= 15 is 0 Å². The number of halogens is 1. The number of benzene rings is 2. The summed E-state index contributed by atoms with van der Waals surface area (Å²) in [6, 6.07) is 13.7. The molecule has 0 spiro atoms. The van der Waals surface area contributed by atoms with Gasteiger partial charge < -0.3 is 5.32 Å². The maximum atomic E-state index is 13.9. The highest BCUT2D eigenvalue weighted by molar-refractivity contribution is 5.77. The highest BCUT2D eigenvalue weighted by Gasteiger charge is 2.20. The van der Waals surface area contributed by atoms with Gasteiger partial charge in [-0.2, -0.15) is 0 Å². The maximum Gasteiger partial charge on any atom is 0.125 e. The van der Waals surface area contributed by atoms with Gasteiger partial charge in [0.1, 0.15) is 12.1 Å². The zero-order valence-electron chi connectivity index (χ0n) is 11.6. The van der Waals surface area contributed by atoms with Crippen molar-refractivity contribution in [2.75, 3.05) is 0 Å². The molecule has 0 radical (unpaired) electrons. The fourth-order valence-corrected chi connectivity index (χ4v) is 2.59. The molecule has 1 N–H and O–H groups in total. The molecule has 3 aromatic rings. The molecule has 0 aliphatic heterocycles. The number of para-hydroxylation sites is 2. The molecule has 0 atom stereocenters. The Morgan fingerprint density at radius 3 is 2.90 bits per heavy atom. The van der Waals surface area contributed by atoms with Gasteiger partial charge in [0.2, 0.25) is 0 Å². The van der Waals surface area contributed by atoms with Crippen LogP contribution >= 0.6 is 0 Å². The molecule has 1 fully saturated rings. The van der Waals surface area contributed by atoms with Gasteiger partial charge in [-0.25, -0.2) is 9.37 Å². The van der Waals surface area contributed by atoms with Crippen LogP contribution in [0.5, 0.6) is 0 Å². The summed E-state index contributed by atoms with van der Waals surface area (Å²) >= 11 is 0. The summed E-state index contributed by atoms with van der Waals surface area (Å²) < 4.78 is 15.8. The first kappa shape index (κ1) is 12.5. The van der Waals surface area contributed by atoms with Crippen LogP contribution in [0.4, 0.5) is 4.39 Å². The summed E-state index contributed by atoms with van der Waals surface area (Å²) in [5, 5.41) is 3.42. The lowest BCUT2D eigenvalue weighted by Gasteiger charge is -2.09. The Balaban J connectivity index is 1.72. The summed E-state index contributed by atoms with van der Waals surface area (Å²) in [5.41, 5.74) is 3.69. The van der Waals surface area contributed by atoms with Crippen LogP contribution in [-0.2, 0) is 6.54 Å². The first-order valence-electron chi connectivity index (χ1n) is 7.25. The predicted octanol–water partition coefficient (Wildman–Crippen LogP) is 3.42. The van der Waals surface area contributed by atoms with E-state index in [1.54, 1.807) is 18.5 Å². The summed E-state index contributed by atoms with van der Waals surface area (Å²) in [4.78, 5) is 4.36. The number of nitrogens with one attached hydrogen (secondary N) is 1. The molecule has 4 heteroatoms. The zero-order valence-corrected chi connectivity index (χ0v) is 11.6. The van der Waals surface area contributed by atoms with Crippen molar-refractivity contribution in [2.45, 2.75) is 25.4 Å². The molecule has 0 amide bonds. The Morgan fingerprint density at radius 2 is 2.05 bits per heavy atom. The van der Waals surface area contributed by atoms with Crippen LogP contribution in [0.1, 0.15) is 18.4 Å². The smallest absolute Gasteiger partial charge is 0.125 e. The van der Waals surface area contributed by atoms with Crippen molar-refractivity contribution in [3.8, 4) is 5.69 Å². The molecule has 2 aromatic carbocycles. The van der Waals surface area contributed by atoms with E-state index < -0.39 is 0 Å². The van der Waals surface area contributed by atoms with Gasteiger partial charge in [-0.15, -0.1) is 0 Å². The van der Waals surface area contributed by atoms with Crippen molar-refractivity contribution in [3.63, 3.8) is 0 Å². The van der Waals surface area contributed by atoms with E-state index in [9.17, 15) is 4.39 Å². The van der Waals surface area contributed by atoms with Crippen LogP contribution in [-0.4, -0.2) is 15.6 Å². The van der Waals surface area contributed by atoms with E-state index in [4.69, 9.17) is 0 Å². The van der Waals surface area contributed by atoms with Crippen molar-refractivity contribution in [1.29, 1.82) is 0 Å². The largest absolute Gasteiger partial charge is 0.310 e. The second-order valence-corrected chi connectivity index (χ2v) is 5.58. The Morgan fingerprint density at radius 1 is 1.19 bits per heavy atom. The van der Waals surface area contributed by atoms with Crippen LogP contribution in [0.25, 0.3) is 16.7 Å². The fourth-order valence-electron chi connectivity index (χ4n) is 2.59. The Hall–Kier alpha value is -2.20. The lowest BCUT2D eigenvalue weighted by atomic mass is 10.2. The van der Waals surface area contributed by atoms with E-state index in [1.807, 2.05) is 34.9 Å². The van der Waals surface area contributed by atoms with Crippen molar-refractivity contribution in [1.82, 2.24) is 14.9 Å². The molecular formula is C17H16FN3. The third-order valence-corrected chi connectivity index (χ3v) is 3.85. The van der Waals surface area contributed by atoms with Crippen molar-refractivity contribution >= 4 is 11.0 Å². The minimum atomic E-state index is -0.210. The van der Waals surface area contributed by atoms with Crippen LogP contribution in [0.2, 0.25) is 0 Å². The summed E-state index contributed by atoms with van der Waals surface area (Å²) in [6.45, 7) is 0.710. The second-order valence-electron chi connectivity index (χ2n) is 5.58. The quantitative estimate of drug-likeness (QED) is 0.794. The van der Waals surface area contributed by atoms with Crippen LogP contribution < -0.4 is 5.32 Å². The summed E-state index contributed by atoms with van der Waals surface area (Å²) in [7, 11) is 0. The topological polar surface area (TPSA) is 29.9 Å². The minimum absolute atomic E-state index is 0.210. The van der Waals surface area contributed by atoms with Crippen LogP contribution in [0.15, 0.2) is 48.8 Å². The molecule has 0 saturated heterocycles. The molecule has 0 unspecified atom stereocenters. The van der Waals surface area contributed by atoms with Gasteiger partial charge >= 0.3 is 0 Å². The molecule has 3 nitrogen and oxygen atoms in total. The maximum absolute atomic E-state index is 13.9. The number of fused-ring (bicyclic) bond motifs is 1. The van der Waals surface area contributed by atoms with Crippen molar-refractivity contribution in [2.24, 2.45) is 0 Å². The predicted molar refractivity (Wildman–Crippen MR) is 80.9 cm³/mol. The van der Waals surface area contributed by atoms with Gasteiger partial charge in [0.25, 0.3) is 0 Å². The van der Waals surface area contributed by atoms with E-state index in [1.165, 1.54) is 12.8 Å². The highest BCUT2D eigenvalue weighted by atomic mass is 19.1. The first-order chi connectivity index (χ1) is 10.3. The number of hydrogen-bond donors (Lipinski definition) is 1. The van der Waals surface area contributed by atoms with Crippen LogP contribution in [0.3, 0.4) is 0 Å². The van der Waals surface area contributed by atoms with Gasteiger partial charge in [-0.05, 0) is 48.7 Å². The first-order valence-corrected chi connectivity index (χ1v) is 7.25. The Labute approximate surface area is 122 Å². The molecule has 1 heterocycles. The zero-order chi connectivity index (χ0) is 14.2. The second kappa shape index (κ2) is 4.97. The average Bonchev–Trinajstić information content (AvgIpc) is 3.22. The Bertz CT molecular complexity index is 790. The van der Waals surface area contributed by atoms with E-state index in [-0.39, 0.29) is 5.82 Å². The van der Waals surface area contributed by atoms with E-state index in [0.29, 0.717) is 12.6 Å². The van der Waals surface area contributed by atoms with Gasteiger partial charge in [0, 0.05) is 12.6 Å². The number of rotatable bonds is 4. The van der Waals surface area contributed by atoms with Gasteiger partial charge in [0.05, 0.1) is 16.7 Å². The molecule has 4 rings (SSSR count). The fraction of sp³-hybridized carbons (Fsp3) is 0.235. The lowest BCUT2D eigenvalue weighted by molar-refractivity contribution is 0.618. The minimum Gasteiger partial charge on any atom is -0.310 e. The number of nitrogens with zero attached hydrogens (tertiary/aromatic N) is 2. The third-order valence-electron chi connectivity index (χ3n) is 3.85. The van der Waals surface area contributed by atoms with E-state index in [0.717, 1.165) is 22.3 Å². The average molecular weight is 281 g/mol. The van der Waals surface area contributed by atoms with Crippen molar-refractivity contribution in [3.05, 3.63) is 60.2 Å². The molecule has 1 saturated carbocycles. The Kier molecular flexibility index (Phi) is 2.97. The molecule has 1 aliphatic rings. The molecule has 1 aromatic heterocycles. The SMILES string of the molecule is Fc1cc(CNC2CC2)cc(-n2cnc3ccccc32)c1. The number of imidazole rings is 1. The van der Waals surface area contributed by atoms with Crippen molar-refractivity contribution < 1.29 is 4.39 Å². The number of hydrogen-bond acceptors (Lipinski definition) is 2. The van der Waals surface area contributed by atoms with Gasteiger partial charge in [-0.1, -0.05) is 12.1 Å². The molecule has 1 aliphatic carbocycles. The normalized spacial score (nSPS) is 14.7. The summed E-state index contributed by atoms with van der Waals surface area (Å²) in [6.07, 6.45) is 4.21. The molecule has 0 bridgehead atoms. The lowest BCUT2D eigenvalue weighted by Crippen LogP contribution is -2.15. The van der Waals surface area contributed by atoms with Gasteiger partial charge in [0.15, 0.2) is 0 Å². The number of aromatic nitrogens is 2. The van der Waals surface area contributed by atoms with E-state index in [2.05, 4.69) is 10.3 Å². The molecule has 106 valence electrons. The van der Waals surface area contributed by atoms with Crippen LogP contribution in [0, 0.1) is 5.82 Å². The monoisotopic (exact) mass is 281 g/mol. The standard InChI is InChI=1S/C17H16FN3/c18-13-7-12(10-19-14-5-6-14)8-15(9-13)21-11-20-16-3-1-2-4-17(16)21/h1-4,7-9,11,14,19H,5-6,10H2. The molecular weight excluding hydrogens is 265 g/mol. The summed E-state index contributed by atoms with van der Waals surface area (Å²) in [5.74, 6) is -0.210.